The Morgan fingerprint density at radius 2 is 2.00 bits per heavy atom. The summed E-state index contributed by atoms with van der Waals surface area (Å²) in [6, 6.07) is 15.3. The zero-order valence-electron chi connectivity index (χ0n) is 13.6. The molecule has 5 nitrogen and oxygen atoms in total. The van der Waals surface area contributed by atoms with Crippen LogP contribution in [0.4, 0.5) is 0 Å². The average Bonchev–Trinajstić information content (AvgIpc) is 2.59. The smallest absolute Gasteiger partial charge is 0.261 e. The maximum absolute atomic E-state index is 12.5. The van der Waals surface area contributed by atoms with Gasteiger partial charge in [0.2, 0.25) is 0 Å². The van der Waals surface area contributed by atoms with E-state index in [9.17, 15) is 9.90 Å². The number of aliphatic hydroxyl groups is 1. The van der Waals surface area contributed by atoms with Gasteiger partial charge < -0.3 is 9.84 Å². The van der Waals surface area contributed by atoms with Crippen LogP contribution in [0.3, 0.4) is 0 Å². The molecule has 24 heavy (non-hydrogen) atoms. The van der Waals surface area contributed by atoms with Crippen LogP contribution in [-0.2, 0) is 17.9 Å². The van der Waals surface area contributed by atoms with Gasteiger partial charge >= 0.3 is 0 Å². The molecule has 5 heteroatoms. The highest BCUT2D eigenvalue weighted by atomic mass is 16.5. The summed E-state index contributed by atoms with van der Waals surface area (Å²) in [7, 11) is 0. The lowest BCUT2D eigenvalue weighted by Crippen LogP contribution is -2.29. The second-order valence-corrected chi connectivity index (χ2v) is 5.88. The van der Waals surface area contributed by atoms with Gasteiger partial charge in [0.05, 0.1) is 43.1 Å². The van der Waals surface area contributed by atoms with Crippen LogP contribution >= 0.6 is 0 Å². The second kappa shape index (κ2) is 7.38. The van der Waals surface area contributed by atoms with E-state index in [1.165, 1.54) is 10.9 Å². The second-order valence-electron chi connectivity index (χ2n) is 5.88. The Kier molecular flexibility index (Phi) is 5.03. The summed E-state index contributed by atoms with van der Waals surface area (Å²) in [5.74, 6) is 0. The molecule has 3 aromatic rings. The molecule has 0 aliphatic carbocycles. The molecule has 0 aliphatic rings. The molecule has 0 amide bonds. The van der Waals surface area contributed by atoms with E-state index in [2.05, 4.69) is 4.98 Å². The monoisotopic (exact) mass is 324 g/mol. The van der Waals surface area contributed by atoms with E-state index >= 15 is 0 Å². The number of fused-ring (bicyclic) bond motifs is 1. The maximum atomic E-state index is 12.5. The molecule has 3 rings (SSSR count). The van der Waals surface area contributed by atoms with Crippen molar-refractivity contribution in [2.24, 2.45) is 0 Å². The number of aromatic nitrogens is 2. The molecule has 0 saturated carbocycles. The summed E-state index contributed by atoms with van der Waals surface area (Å²) in [6.45, 7) is 2.68. The molecule has 0 aliphatic heterocycles. The van der Waals surface area contributed by atoms with Crippen molar-refractivity contribution in [3.63, 3.8) is 0 Å². The summed E-state index contributed by atoms with van der Waals surface area (Å²) in [5.41, 5.74) is 2.57. The van der Waals surface area contributed by atoms with Gasteiger partial charge in [-0.3, -0.25) is 9.36 Å². The van der Waals surface area contributed by atoms with Gasteiger partial charge in [-0.05, 0) is 24.6 Å². The summed E-state index contributed by atoms with van der Waals surface area (Å²) in [6.07, 6.45) is 0.705. The van der Waals surface area contributed by atoms with Gasteiger partial charge in [-0.25, -0.2) is 4.98 Å². The summed E-state index contributed by atoms with van der Waals surface area (Å²) in [5, 5.41) is 10.7. The Hall–Kier alpha value is -2.50. The normalized spacial score (nSPS) is 12.4. The first kappa shape index (κ1) is 16.4. The van der Waals surface area contributed by atoms with E-state index in [0.29, 0.717) is 17.5 Å². The predicted molar refractivity (Wildman–Crippen MR) is 92.8 cm³/mol. The standard InChI is InChI=1S/C19H20N2O3/c1-14-7-8-18-17(9-14)19(23)21(13-20-18)10-16(22)12-24-11-15-5-3-2-4-6-15/h2-9,13,16,22H,10-12H2,1H3. The highest BCUT2D eigenvalue weighted by Crippen LogP contribution is 2.09. The van der Waals surface area contributed by atoms with Crippen molar-refractivity contribution in [2.45, 2.75) is 26.2 Å². The molecule has 0 radical (unpaired) electrons. The lowest BCUT2D eigenvalue weighted by molar-refractivity contribution is 0.0198. The van der Waals surface area contributed by atoms with E-state index in [0.717, 1.165) is 11.1 Å². The van der Waals surface area contributed by atoms with Gasteiger partial charge in [-0.1, -0.05) is 42.0 Å². The van der Waals surface area contributed by atoms with E-state index in [1.807, 2.05) is 55.5 Å². The fourth-order valence-corrected chi connectivity index (χ4v) is 2.57. The molecular weight excluding hydrogens is 304 g/mol. The Balaban J connectivity index is 1.64. The van der Waals surface area contributed by atoms with Crippen LogP contribution in [0.1, 0.15) is 11.1 Å². The first-order valence-electron chi connectivity index (χ1n) is 7.89. The lowest BCUT2D eigenvalue weighted by atomic mass is 10.2. The zero-order valence-corrected chi connectivity index (χ0v) is 13.6. The van der Waals surface area contributed by atoms with Crippen LogP contribution in [0.5, 0.6) is 0 Å². The quantitative estimate of drug-likeness (QED) is 0.755. The Morgan fingerprint density at radius 3 is 2.79 bits per heavy atom. The van der Waals surface area contributed by atoms with E-state index < -0.39 is 6.10 Å². The number of ether oxygens (including phenoxy) is 1. The van der Waals surface area contributed by atoms with Crippen LogP contribution in [0, 0.1) is 6.92 Å². The highest BCUT2D eigenvalue weighted by molar-refractivity contribution is 5.77. The lowest BCUT2D eigenvalue weighted by Gasteiger charge is -2.13. The van der Waals surface area contributed by atoms with E-state index in [4.69, 9.17) is 4.74 Å². The molecule has 0 saturated heterocycles. The number of aryl methyl sites for hydroxylation is 1. The van der Waals surface area contributed by atoms with Gasteiger partial charge in [-0.2, -0.15) is 0 Å². The molecule has 0 fully saturated rings. The summed E-state index contributed by atoms with van der Waals surface area (Å²) in [4.78, 5) is 16.8. The van der Waals surface area contributed by atoms with Crippen molar-refractivity contribution in [3.8, 4) is 0 Å². The fraction of sp³-hybridized carbons (Fsp3) is 0.263. The topological polar surface area (TPSA) is 64.3 Å². The van der Waals surface area contributed by atoms with Gasteiger partial charge in [-0.15, -0.1) is 0 Å². The molecular formula is C19H20N2O3. The molecule has 2 aromatic carbocycles. The van der Waals surface area contributed by atoms with Crippen molar-refractivity contribution < 1.29 is 9.84 Å². The van der Waals surface area contributed by atoms with Crippen molar-refractivity contribution in [2.75, 3.05) is 6.61 Å². The largest absolute Gasteiger partial charge is 0.389 e. The third-order valence-corrected chi connectivity index (χ3v) is 3.81. The van der Waals surface area contributed by atoms with Crippen LogP contribution in [-0.4, -0.2) is 27.4 Å². The summed E-state index contributed by atoms with van der Waals surface area (Å²) >= 11 is 0. The van der Waals surface area contributed by atoms with Gasteiger partial charge in [0.25, 0.3) is 5.56 Å². The van der Waals surface area contributed by atoms with Crippen LogP contribution in [0.15, 0.2) is 59.7 Å². The molecule has 1 aromatic heterocycles. The van der Waals surface area contributed by atoms with Crippen molar-refractivity contribution in [3.05, 3.63) is 76.3 Å². The number of hydrogen-bond donors (Lipinski definition) is 1. The van der Waals surface area contributed by atoms with E-state index in [-0.39, 0.29) is 18.7 Å². The molecule has 0 spiro atoms. The number of benzene rings is 2. The van der Waals surface area contributed by atoms with Crippen molar-refractivity contribution >= 4 is 10.9 Å². The van der Waals surface area contributed by atoms with Crippen LogP contribution < -0.4 is 5.56 Å². The highest BCUT2D eigenvalue weighted by Gasteiger charge is 2.10. The zero-order chi connectivity index (χ0) is 16.9. The first-order chi connectivity index (χ1) is 11.6. The van der Waals surface area contributed by atoms with Gasteiger partial charge in [0.15, 0.2) is 0 Å². The molecule has 124 valence electrons. The Bertz CT molecular complexity index is 875. The Morgan fingerprint density at radius 1 is 1.21 bits per heavy atom. The minimum Gasteiger partial charge on any atom is -0.389 e. The molecule has 1 unspecified atom stereocenters. The van der Waals surface area contributed by atoms with Gasteiger partial charge in [0.1, 0.15) is 0 Å². The Labute approximate surface area is 140 Å². The molecule has 1 N–H and O–H groups in total. The number of nitrogens with zero attached hydrogens (tertiary/aromatic N) is 2. The molecule has 0 bridgehead atoms. The van der Waals surface area contributed by atoms with Crippen LogP contribution in [0.25, 0.3) is 10.9 Å². The number of rotatable bonds is 6. The first-order valence-corrected chi connectivity index (χ1v) is 7.89. The predicted octanol–water partition coefficient (Wildman–Crippen LogP) is 2.28. The SMILES string of the molecule is Cc1ccc2ncn(CC(O)COCc3ccccc3)c(=O)c2c1. The summed E-state index contributed by atoms with van der Waals surface area (Å²) < 4.78 is 6.94. The van der Waals surface area contributed by atoms with Crippen molar-refractivity contribution in [1.29, 1.82) is 0 Å². The molecule has 1 heterocycles. The minimum absolute atomic E-state index is 0.147. The van der Waals surface area contributed by atoms with Crippen molar-refractivity contribution in [1.82, 2.24) is 9.55 Å². The van der Waals surface area contributed by atoms with E-state index in [1.54, 1.807) is 0 Å². The van der Waals surface area contributed by atoms with Crippen LogP contribution in [0.2, 0.25) is 0 Å². The maximum Gasteiger partial charge on any atom is 0.261 e. The number of hydrogen-bond acceptors (Lipinski definition) is 4. The number of aliphatic hydroxyl groups excluding tert-OH is 1. The molecule has 1 atom stereocenters. The minimum atomic E-state index is -0.768. The average molecular weight is 324 g/mol. The van der Waals surface area contributed by atoms with Gasteiger partial charge in [0, 0.05) is 0 Å². The fourth-order valence-electron chi connectivity index (χ4n) is 2.57. The third-order valence-electron chi connectivity index (χ3n) is 3.81. The third kappa shape index (κ3) is 3.88.